The van der Waals surface area contributed by atoms with Crippen molar-refractivity contribution in [2.24, 2.45) is 0 Å². The number of benzene rings is 2. The highest BCUT2D eigenvalue weighted by Crippen LogP contribution is 2.46. The number of methoxy groups -OCH3 is 2. The first kappa shape index (κ1) is 19.1. The number of fused-ring (bicyclic) bond motifs is 1. The molecule has 1 aromatic heterocycles. The van der Waals surface area contributed by atoms with Crippen molar-refractivity contribution in [3.8, 4) is 22.8 Å². The van der Waals surface area contributed by atoms with Crippen LogP contribution in [0.4, 0.5) is 0 Å². The molecule has 6 heteroatoms. The van der Waals surface area contributed by atoms with E-state index in [-0.39, 0.29) is 17.5 Å². The standard InChI is InChI=1S/C23H25N3O3/c1-23(2,3)26-21(15-8-12-17(29-5)13-9-15)18-19(24-25-20(18)22(26)27)14-6-10-16(28-4)11-7-14/h6-13,21H,1-5H3,(H,24,25). The van der Waals surface area contributed by atoms with Gasteiger partial charge in [-0.1, -0.05) is 12.1 Å². The fourth-order valence-electron chi connectivity index (χ4n) is 3.91. The molecule has 4 rings (SSSR count). The Balaban J connectivity index is 1.88. The van der Waals surface area contributed by atoms with Crippen LogP contribution in [-0.4, -0.2) is 40.8 Å². The highest BCUT2D eigenvalue weighted by atomic mass is 16.5. The van der Waals surface area contributed by atoms with Crippen molar-refractivity contribution in [1.29, 1.82) is 0 Å². The maximum atomic E-state index is 13.3. The van der Waals surface area contributed by atoms with Gasteiger partial charge in [0.05, 0.1) is 26.0 Å². The molecule has 1 amide bonds. The van der Waals surface area contributed by atoms with E-state index in [1.54, 1.807) is 14.2 Å². The van der Waals surface area contributed by atoms with Gasteiger partial charge in [0, 0.05) is 16.7 Å². The number of ether oxygens (including phenoxy) is 2. The van der Waals surface area contributed by atoms with Gasteiger partial charge >= 0.3 is 0 Å². The van der Waals surface area contributed by atoms with Crippen LogP contribution in [0.1, 0.15) is 48.4 Å². The van der Waals surface area contributed by atoms with Crippen LogP contribution >= 0.6 is 0 Å². The fourth-order valence-corrected chi connectivity index (χ4v) is 3.91. The number of carbonyl (C=O) groups excluding carboxylic acids is 1. The van der Waals surface area contributed by atoms with Crippen LogP contribution in [0.15, 0.2) is 48.5 Å². The molecule has 1 unspecified atom stereocenters. The molecule has 1 aliphatic heterocycles. The number of aromatic nitrogens is 2. The summed E-state index contributed by atoms with van der Waals surface area (Å²) in [6, 6.07) is 15.4. The Morgan fingerprint density at radius 2 is 1.48 bits per heavy atom. The Kier molecular flexibility index (Phi) is 4.57. The number of nitrogens with zero attached hydrogens (tertiary/aromatic N) is 2. The Morgan fingerprint density at radius 3 is 2.00 bits per heavy atom. The molecule has 1 N–H and O–H groups in total. The average molecular weight is 391 g/mol. The van der Waals surface area contributed by atoms with Gasteiger partial charge in [0.2, 0.25) is 0 Å². The van der Waals surface area contributed by atoms with E-state index >= 15 is 0 Å². The summed E-state index contributed by atoms with van der Waals surface area (Å²) < 4.78 is 10.6. The second-order valence-corrected chi connectivity index (χ2v) is 8.11. The fraction of sp³-hybridized carbons (Fsp3) is 0.304. The first-order chi connectivity index (χ1) is 13.8. The number of H-pyrrole nitrogens is 1. The van der Waals surface area contributed by atoms with Crippen LogP contribution in [-0.2, 0) is 0 Å². The zero-order valence-electron chi connectivity index (χ0n) is 17.3. The molecule has 6 nitrogen and oxygen atoms in total. The summed E-state index contributed by atoms with van der Waals surface area (Å²) in [7, 11) is 3.28. The largest absolute Gasteiger partial charge is 0.497 e. The highest BCUT2D eigenvalue weighted by Gasteiger charge is 2.46. The van der Waals surface area contributed by atoms with Crippen LogP contribution in [0.3, 0.4) is 0 Å². The third kappa shape index (κ3) is 3.14. The van der Waals surface area contributed by atoms with E-state index in [1.165, 1.54) is 0 Å². The highest BCUT2D eigenvalue weighted by molar-refractivity contribution is 6.00. The molecule has 0 fully saturated rings. The molecule has 1 atom stereocenters. The van der Waals surface area contributed by atoms with E-state index in [2.05, 4.69) is 10.2 Å². The summed E-state index contributed by atoms with van der Waals surface area (Å²) >= 11 is 0. The Hall–Kier alpha value is -3.28. The summed E-state index contributed by atoms with van der Waals surface area (Å²) in [5.74, 6) is 1.52. The van der Waals surface area contributed by atoms with Crippen LogP contribution in [0, 0.1) is 0 Å². The van der Waals surface area contributed by atoms with Crippen LogP contribution in [0.5, 0.6) is 11.5 Å². The topological polar surface area (TPSA) is 67.5 Å². The molecule has 1 aliphatic rings. The smallest absolute Gasteiger partial charge is 0.273 e. The normalized spacial score (nSPS) is 16.1. The van der Waals surface area contributed by atoms with E-state index in [9.17, 15) is 4.79 Å². The van der Waals surface area contributed by atoms with Crippen molar-refractivity contribution in [3.05, 3.63) is 65.4 Å². The zero-order chi connectivity index (χ0) is 20.8. The predicted molar refractivity (Wildman–Crippen MR) is 111 cm³/mol. The SMILES string of the molecule is COc1ccc(-c2n[nH]c3c2C(c2ccc(OC)cc2)N(C(C)(C)C)C3=O)cc1. The second-order valence-electron chi connectivity index (χ2n) is 8.11. The van der Waals surface area contributed by atoms with Crippen molar-refractivity contribution in [2.75, 3.05) is 14.2 Å². The van der Waals surface area contributed by atoms with Gasteiger partial charge in [-0.3, -0.25) is 9.89 Å². The molecular formula is C23H25N3O3. The van der Waals surface area contributed by atoms with Crippen LogP contribution in [0.2, 0.25) is 0 Å². The number of rotatable bonds is 4. The molecule has 0 saturated carbocycles. The summed E-state index contributed by atoms with van der Waals surface area (Å²) in [5.41, 5.74) is 3.82. The van der Waals surface area contributed by atoms with Gasteiger partial charge in [0.25, 0.3) is 5.91 Å². The minimum absolute atomic E-state index is 0.0411. The van der Waals surface area contributed by atoms with Gasteiger partial charge < -0.3 is 14.4 Å². The molecule has 0 saturated heterocycles. The second kappa shape index (κ2) is 6.95. The van der Waals surface area contributed by atoms with E-state index in [0.29, 0.717) is 5.69 Å². The van der Waals surface area contributed by atoms with Gasteiger partial charge in [-0.15, -0.1) is 0 Å². The number of carbonyl (C=O) groups is 1. The molecular weight excluding hydrogens is 366 g/mol. The summed E-state index contributed by atoms with van der Waals surface area (Å²) in [5, 5.41) is 7.49. The van der Waals surface area contributed by atoms with Gasteiger partial charge in [-0.05, 0) is 62.7 Å². The maximum absolute atomic E-state index is 13.3. The van der Waals surface area contributed by atoms with Crippen LogP contribution in [0.25, 0.3) is 11.3 Å². The number of nitrogens with one attached hydrogen (secondary N) is 1. The number of hydrogen-bond acceptors (Lipinski definition) is 4. The minimum Gasteiger partial charge on any atom is -0.497 e. The molecule has 0 bridgehead atoms. The average Bonchev–Trinajstić information content (AvgIpc) is 3.27. The summed E-state index contributed by atoms with van der Waals surface area (Å²) in [6.07, 6.45) is 0. The lowest BCUT2D eigenvalue weighted by Crippen LogP contribution is -2.44. The van der Waals surface area contributed by atoms with Crippen molar-refractivity contribution in [3.63, 3.8) is 0 Å². The molecule has 0 radical (unpaired) electrons. The van der Waals surface area contributed by atoms with Crippen molar-refractivity contribution in [2.45, 2.75) is 32.4 Å². The van der Waals surface area contributed by atoms with Crippen LogP contribution < -0.4 is 9.47 Å². The van der Waals surface area contributed by atoms with E-state index in [1.807, 2.05) is 74.2 Å². The van der Waals surface area contributed by atoms with E-state index in [0.717, 1.165) is 33.9 Å². The summed E-state index contributed by atoms with van der Waals surface area (Å²) in [4.78, 5) is 15.2. The minimum atomic E-state index is -0.362. The lowest BCUT2D eigenvalue weighted by molar-refractivity contribution is 0.0546. The van der Waals surface area contributed by atoms with Crippen molar-refractivity contribution < 1.29 is 14.3 Å². The number of amides is 1. The van der Waals surface area contributed by atoms with E-state index < -0.39 is 0 Å². The van der Waals surface area contributed by atoms with Gasteiger partial charge in [0.15, 0.2) is 0 Å². The molecule has 2 heterocycles. The van der Waals surface area contributed by atoms with Gasteiger partial charge in [-0.25, -0.2) is 0 Å². The zero-order valence-corrected chi connectivity index (χ0v) is 17.3. The monoisotopic (exact) mass is 391 g/mol. The van der Waals surface area contributed by atoms with Gasteiger partial charge in [-0.2, -0.15) is 5.10 Å². The molecule has 0 aliphatic carbocycles. The Labute approximate surface area is 170 Å². The Morgan fingerprint density at radius 1 is 0.931 bits per heavy atom. The molecule has 2 aromatic carbocycles. The first-order valence-corrected chi connectivity index (χ1v) is 9.55. The molecule has 150 valence electrons. The number of aromatic amines is 1. The predicted octanol–water partition coefficient (Wildman–Crippen LogP) is 4.44. The van der Waals surface area contributed by atoms with E-state index in [4.69, 9.17) is 9.47 Å². The van der Waals surface area contributed by atoms with Gasteiger partial charge in [0.1, 0.15) is 17.2 Å². The lowest BCUT2D eigenvalue weighted by Gasteiger charge is -2.37. The molecule has 3 aromatic rings. The van der Waals surface area contributed by atoms with Crippen molar-refractivity contribution in [1.82, 2.24) is 15.1 Å². The molecule has 0 spiro atoms. The molecule has 29 heavy (non-hydrogen) atoms. The van der Waals surface area contributed by atoms with Crippen molar-refractivity contribution >= 4 is 5.91 Å². The number of hydrogen-bond donors (Lipinski definition) is 1. The summed E-state index contributed by atoms with van der Waals surface area (Å²) in [6.45, 7) is 6.15. The third-order valence-corrected chi connectivity index (χ3v) is 5.29. The maximum Gasteiger partial charge on any atom is 0.273 e. The quantitative estimate of drug-likeness (QED) is 0.714. The lowest BCUT2D eigenvalue weighted by atomic mass is 9.93. The third-order valence-electron chi connectivity index (χ3n) is 5.29. The first-order valence-electron chi connectivity index (χ1n) is 9.55. The Bertz CT molecular complexity index is 1030.